The molecule has 1 fully saturated rings. The molecule has 1 aromatic rings. The van der Waals surface area contributed by atoms with Crippen molar-refractivity contribution in [1.82, 2.24) is 10.2 Å². The van der Waals surface area contributed by atoms with Gasteiger partial charge in [-0.05, 0) is 49.8 Å². The quantitative estimate of drug-likeness (QED) is 0.745. The highest BCUT2D eigenvalue weighted by molar-refractivity contribution is 5.78. The Morgan fingerprint density at radius 2 is 2.05 bits per heavy atom. The minimum absolute atomic E-state index is 0.166. The van der Waals surface area contributed by atoms with E-state index in [9.17, 15) is 4.79 Å². The molecule has 0 saturated heterocycles. The molecular formula is C18H28N2O. The molecular weight excluding hydrogens is 260 g/mol. The Kier molecular flexibility index (Phi) is 5.80. The molecule has 1 N–H and O–H groups in total. The van der Waals surface area contributed by atoms with E-state index >= 15 is 0 Å². The van der Waals surface area contributed by atoms with Gasteiger partial charge in [0.1, 0.15) is 0 Å². The predicted molar refractivity (Wildman–Crippen MR) is 87.3 cm³/mol. The van der Waals surface area contributed by atoms with Crippen LogP contribution in [-0.4, -0.2) is 29.9 Å². The third kappa shape index (κ3) is 5.16. The molecule has 0 heterocycles. The van der Waals surface area contributed by atoms with Crippen molar-refractivity contribution in [1.29, 1.82) is 0 Å². The van der Waals surface area contributed by atoms with Crippen molar-refractivity contribution < 1.29 is 4.79 Å². The Morgan fingerprint density at radius 1 is 1.29 bits per heavy atom. The molecule has 1 aliphatic rings. The molecule has 1 saturated carbocycles. The summed E-state index contributed by atoms with van der Waals surface area (Å²) in [4.78, 5) is 14.3. The molecule has 0 atom stereocenters. The van der Waals surface area contributed by atoms with Gasteiger partial charge in [-0.25, -0.2) is 0 Å². The molecule has 0 radical (unpaired) electrons. The monoisotopic (exact) mass is 288 g/mol. The Hall–Kier alpha value is -1.35. The second-order valence-electron chi connectivity index (χ2n) is 6.26. The summed E-state index contributed by atoms with van der Waals surface area (Å²) < 4.78 is 0. The number of carbonyl (C=O) groups is 1. The fraction of sp³-hybridized carbons (Fsp3) is 0.611. The number of carbonyl (C=O) groups excluding carboxylic acids is 1. The number of amides is 1. The van der Waals surface area contributed by atoms with Gasteiger partial charge in [-0.15, -0.1) is 0 Å². The van der Waals surface area contributed by atoms with Crippen molar-refractivity contribution in [2.24, 2.45) is 0 Å². The maximum atomic E-state index is 12.0. The third-order valence-electron chi connectivity index (χ3n) is 4.22. The van der Waals surface area contributed by atoms with Gasteiger partial charge in [0, 0.05) is 19.1 Å². The topological polar surface area (TPSA) is 32.3 Å². The van der Waals surface area contributed by atoms with Crippen LogP contribution in [0.4, 0.5) is 0 Å². The number of hydrogen-bond acceptors (Lipinski definition) is 2. The molecule has 1 amide bonds. The summed E-state index contributed by atoms with van der Waals surface area (Å²) in [6.07, 6.45) is 4.64. The number of nitrogens with one attached hydrogen (secondary N) is 1. The summed E-state index contributed by atoms with van der Waals surface area (Å²) >= 11 is 0. The van der Waals surface area contributed by atoms with Crippen LogP contribution in [0.2, 0.25) is 0 Å². The number of benzene rings is 1. The molecule has 0 aliphatic heterocycles. The van der Waals surface area contributed by atoms with Crippen LogP contribution < -0.4 is 5.32 Å². The Bertz CT molecular complexity index is 480. The van der Waals surface area contributed by atoms with Crippen molar-refractivity contribution in [3.63, 3.8) is 0 Å². The Morgan fingerprint density at radius 3 is 2.67 bits per heavy atom. The smallest absolute Gasteiger partial charge is 0.234 e. The standard InChI is InChI=1S/C18H28N2O/c1-4-5-10-19-18(21)13-20(17-8-9-17)12-16-7-6-14(2)15(3)11-16/h6-7,11,17H,4-5,8-10,12-13H2,1-3H3,(H,19,21). The van der Waals surface area contributed by atoms with Gasteiger partial charge in [0.15, 0.2) is 0 Å². The molecule has 0 aromatic heterocycles. The summed E-state index contributed by atoms with van der Waals surface area (Å²) in [5.74, 6) is 0.166. The van der Waals surface area contributed by atoms with E-state index in [1.807, 2.05) is 0 Å². The highest BCUT2D eigenvalue weighted by Gasteiger charge is 2.30. The van der Waals surface area contributed by atoms with E-state index in [1.165, 1.54) is 29.5 Å². The molecule has 1 aliphatic carbocycles. The van der Waals surface area contributed by atoms with E-state index in [4.69, 9.17) is 0 Å². The fourth-order valence-corrected chi connectivity index (χ4v) is 2.54. The van der Waals surface area contributed by atoms with Crippen molar-refractivity contribution in [2.45, 2.75) is 59.0 Å². The first-order valence-corrected chi connectivity index (χ1v) is 8.17. The molecule has 2 rings (SSSR count). The molecule has 3 nitrogen and oxygen atoms in total. The number of unbranched alkanes of at least 4 members (excludes halogenated alkanes) is 1. The average Bonchev–Trinajstić information content (AvgIpc) is 3.27. The van der Waals surface area contributed by atoms with Gasteiger partial charge in [0.2, 0.25) is 5.91 Å². The van der Waals surface area contributed by atoms with Crippen LogP contribution in [0, 0.1) is 13.8 Å². The van der Waals surface area contributed by atoms with Crippen LogP contribution >= 0.6 is 0 Å². The van der Waals surface area contributed by atoms with E-state index in [0.717, 1.165) is 25.9 Å². The lowest BCUT2D eigenvalue weighted by atomic mass is 10.1. The van der Waals surface area contributed by atoms with Crippen molar-refractivity contribution in [3.8, 4) is 0 Å². The maximum Gasteiger partial charge on any atom is 0.234 e. The first-order valence-electron chi connectivity index (χ1n) is 8.17. The summed E-state index contributed by atoms with van der Waals surface area (Å²) in [7, 11) is 0. The lowest BCUT2D eigenvalue weighted by Crippen LogP contribution is -2.38. The summed E-state index contributed by atoms with van der Waals surface area (Å²) in [5, 5.41) is 3.02. The van der Waals surface area contributed by atoms with E-state index in [0.29, 0.717) is 12.6 Å². The van der Waals surface area contributed by atoms with Gasteiger partial charge in [0.05, 0.1) is 6.54 Å². The van der Waals surface area contributed by atoms with Gasteiger partial charge in [-0.2, -0.15) is 0 Å². The van der Waals surface area contributed by atoms with Gasteiger partial charge in [-0.3, -0.25) is 9.69 Å². The van der Waals surface area contributed by atoms with Crippen molar-refractivity contribution in [2.75, 3.05) is 13.1 Å². The zero-order valence-electron chi connectivity index (χ0n) is 13.6. The van der Waals surface area contributed by atoms with Gasteiger partial charge < -0.3 is 5.32 Å². The second kappa shape index (κ2) is 7.60. The molecule has 0 spiro atoms. The first-order chi connectivity index (χ1) is 10.1. The Labute approximate surface area is 128 Å². The van der Waals surface area contributed by atoms with E-state index < -0.39 is 0 Å². The number of rotatable bonds is 8. The summed E-state index contributed by atoms with van der Waals surface area (Å²) in [6.45, 7) is 8.64. The third-order valence-corrected chi connectivity index (χ3v) is 4.22. The number of hydrogen-bond donors (Lipinski definition) is 1. The van der Waals surface area contributed by atoms with Crippen LogP contribution in [0.15, 0.2) is 18.2 Å². The molecule has 21 heavy (non-hydrogen) atoms. The van der Waals surface area contributed by atoms with E-state index in [1.54, 1.807) is 0 Å². The van der Waals surface area contributed by atoms with Crippen molar-refractivity contribution in [3.05, 3.63) is 34.9 Å². The van der Waals surface area contributed by atoms with Crippen LogP contribution in [-0.2, 0) is 11.3 Å². The zero-order valence-corrected chi connectivity index (χ0v) is 13.6. The maximum absolute atomic E-state index is 12.0. The highest BCUT2D eigenvalue weighted by Crippen LogP contribution is 2.28. The SMILES string of the molecule is CCCCNC(=O)CN(Cc1ccc(C)c(C)c1)C1CC1. The molecule has 0 bridgehead atoms. The van der Waals surface area contributed by atoms with E-state index in [-0.39, 0.29) is 5.91 Å². The zero-order chi connectivity index (χ0) is 15.2. The largest absolute Gasteiger partial charge is 0.355 e. The van der Waals surface area contributed by atoms with E-state index in [2.05, 4.69) is 49.2 Å². The fourth-order valence-electron chi connectivity index (χ4n) is 2.54. The molecule has 0 unspecified atom stereocenters. The second-order valence-corrected chi connectivity index (χ2v) is 6.26. The molecule has 116 valence electrons. The van der Waals surface area contributed by atoms with Crippen LogP contribution in [0.3, 0.4) is 0 Å². The van der Waals surface area contributed by atoms with Crippen LogP contribution in [0.25, 0.3) is 0 Å². The lowest BCUT2D eigenvalue weighted by molar-refractivity contribution is -0.122. The van der Waals surface area contributed by atoms with Crippen LogP contribution in [0.1, 0.15) is 49.3 Å². The molecule has 3 heteroatoms. The number of aryl methyl sites for hydroxylation is 2. The van der Waals surface area contributed by atoms with Crippen molar-refractivity contribution >= 4 is 5.91 Å². The Balaban J connectivity index is 1.90. The van der Waals surface area contributed by atoms with Crippen LogP contribution in [0.5, 0.6) is 0 Å². The molecule has 1 aromatic carbocycles. The summed E-state index contributed by atoms with van der Waals surface area (Å²) in [5.41, 5.74) is 3.97. The summed E-state index contributed by atoms with van der Waals surface area (Å²) in [6, 6.07) is 7.22. The lowest BCUT2D eigenvalue weighted by Gasteiger charge is -2.22. The minimum atomic E-state index is 0.166. The first kappa shape index (κ1) is 16.0. The van der Waals surface area contributed by atoms with Gasteiger partial charge in [-0.1, -0.05) is 31.5 Å². The minimum Gasteiger partial charge on any atom is -0.355 e. The van der Waals surface area contributed by atoms with Gasteiger partial charge >= 0.3 is 0 Å². The van der Waals surface area contributed by atoms with Gasteiger partial charge in [0.25, 0.3) is 0 Å². The normalized spacial score (nSPS) is 14.5. The number of nitrogens with zero attached hydrogens (tertiary/aromatic N) is 1. The predicted octanol–water partition coefficient (Wildman–Crippen LogP) is 3.18. The average molecular weight is 288 g/mol. The highest BCUT2D eigenvalue weighted by atomic mass is 16.2.